The number of carbonyl (C=O) groups is 1. The van der Waals surface area contributed by atoms with Gasteiger partial charge in [0.25, 0.3) is 0 Å². The van der Waals surface area contributed by atoms with Crippen LogP contribution in [0.5, 0.6) is 5.75 Å². The van der Waals surface area contributed by atoms with Crippen LogP contribution in [-0.2, 0) is 6.42 Å². The van der Waals surface area contributed by atoms with Crippen molar-refractivity contribution in [3.05, 3.63) is 51.7 Å². The molecule has 1 rings (SSSR count). The van der Waals surface area contributed by atoms with Gasteiger partial charge in [-0.25, -0.2) is 4.79 Å². The second-order valence-electron chi connectivity index (χ2n) is 3.16. The van der Waals surface area contributed by atoms with Gasteiger partial charge in [-0.3, -0.25) is 10.1 Å². The molecule has 84 valence electrons. The lowest BCUT2D eigenvalue weighted by atomic mass is 10.1. The molecule has 1 aromatic rings. The molecule has 2 N–H and O–H groups in total. The Hall–Kier alpha value is -2.37. The van der Waals surface area contributed by atoms with Gasteiger partial charge in [-0.1, -0.05) is 6.07 Å². The minimum absolute atomic E-state index is 0.0619. The molecule has 1 aromatic carbocycles. The van der Waals surface area contributed by atoms with Gasteiger partial charge < -0.3 is 10.2 Å². The molecule has 0 spiro atoms. The summed E-state index contributed by atoms with van der Waals surface area (Å²) in [6.07, 6.45) is -0.0619. The standard InChI is InChI=1S/C10H9NO5/c1-6(11(15)16)4-7-2-3-9(12)8(5-7)10(13)14/h2-3,5,12H,1,4H2,(H,13,14). The number of aromatic hydroxyl groups is 1. The van der Waals surface area contributed by atoms with Gasteiger partial charge in [0, 0.05) is 0 Å². The first-order valence-corrected chi connectivity index (χ1v) is 4.29. The Bertz CT molecular complexity index is 466. The SMILES string of the molecule is C=C(Cc1ccc(O)c(C(=O)O)c1)[N+](=O)[O-]. The van der Waals surface area contributed by atoms with E-state index < -0.39 is 10.9 Å². The summed E-state index contributed by atoms with van der Waals surface area (Å²) in [4.78, 5) is 20.4. The fourth-order valence-corrected chi connectivity index (χ4v) is 1.16. The van der Waals surface area contributed by atoms with E-state index in [-0.39, 0.29) is 23.4 Å². The van der Waals surface area contributed by atoms with E-state index in [0.717, 1.165) is 0 Å². The number of nitrogens with zero attached hydrogens (tertiary/aromatic N) is 1. The minimum atomic E-state index is -1.29. The first kappa shape index (κ1) is 11.7. The molecule has 0 unspecified atom stereocenters. The molecule has 0 amide bonds. The topological polar surface area (TPSA) is 101 Å². The number of hydrogen-bond acceptors (Lipinski definition) is 4. The van der Waals surface area contributed by atoms with E-state index in [1.54, 1.807) is 0 Å². The molecular weight excluding hydrogens is 214 g/mol. The molecular formula is C10H9NO5. The molecule has 0 fully saturated rings. The highest BCUT2D eigenvalue weighted by molar-refractivity contribution is 5.90. The third-order valence-corrected chi connectivity index (χ3v) is 1.96. The van der Waals surface area contributed by atoms with Crippen molar-refractivity contribution in [2.24, 2.45) is 0 Å². The molecule has 0 heterocycles. The summed E-state index contributed by atoms with van der Waals surface area (Å²) in [6.45, 7) is 3.24. The van der Waals surface area contributed by atoms with Crippen LogP contribution < -0.4 is 0 Å². The average Bonchev–Trinajstić information content (AvgIpc) is 2.20. The summed E-state index contributed by atoms with van der Waals surface area (Å²) in [6, 6.07) is 3.79. The van der Waals surface area contributed by atoms with Gasteiger partial charge >= 0.3 is 5.97 Å². The van der Waals surface area contributed by atoms with E-state index in [4.69, 9.17) is 5.11 Å². The predicted octanol–water partition coefficient (Wildman–Crippen LogP) is 1.42. The van der Waals surface area contributed by atoms with Gasteiger partial charge in [-0.2, -0.15) is 0 Å². The maximum atomic E-state index is 10.7. The van der Waals surface area contributed by atoms with Gasteiger partial charge in [-0.15, -0.1) is 0 Å². The maximum Gasteiger partial charge on any atom is 0.339 e. The predicted molar refractivity (Wildman–Crippen MR) is 54.9 cm³/mol. The third kappa shape index (κ3) is 2.57. The minimum Gasteiger partial charge on any atom is -0.507 e. The van der Waals surface area contributed by atoms with Crippen LogP contribution >= 0.6 is 0 Å². The van der Waals surface area contributed by atoms with Gasteiger partial charge in [0.15, 0.2) is 0 Å². The Labute approximate surface area is 90.6 Å². The average molecular weight is 223 g/mol. The Morgan fingerprint density at radius 3 is 2.62 bits per heavy atom. The van der Waals surface area contributed by atoms with Crippen molar-refractivity contribution in [2.75, 3.05) is 0 Å². The number of carboxylic acids is 1. The molecule has 0 aromatic heterocycles. The van der Waals surface area contributed by atoms with E-state index in [1.807, 2.05) is 0 Å². The summed E-state index contributed by atoms with van der Waals surface area (Å²) in [5.41, 5.74) is -0.104. The number of rotatable bonds is 4. The lowest BCUT2D eigenvalue weighted by molar-refractivity contribution is -0.426. The van der Waals surface area contributed by atoms with Crippen LogP contribution in [-0.4, -0.2) is 21.1 Å². The van der Waals surface area contributed by atoms with Gasteiger partial charge in [0.05, 0.1) is 11.3 Å². The van der Waals surface area contributed by atoms with Crippen LogP contribution in [0.25, 0.3) is 0 Å². The molecule has 0 bridgehead atoms. The second-order valence-corrected chi connectivity index (χ2v) is 3.16. The Balaban J connectivity index is 3.00. The molecule has 6 nitrogen and oxygen atoms in total. The van der Waals surface area contributed by atoms with Crippen LogP contribution in [0.4, 0.5) is 0 Å². The van der Waals surface area contributed by atoms with Gasteiger partial charge in [0.2, 0.25) is 5.70 Å². The van der Waals surface area contributed by atoms with E-state index in [0.29, 0.717) is 5.56 Å². The van der Waals surface area contributed by atoms with Crippen molar-refractivity contribution in [1.29, 1.82) is 0 Å². The summed E-state index contributed by atoms with van der Waals surface area (Å²) in [7, 11) is 0. The first-order valence-electron chi connectivity index (χ1n) is 4.29. The highest BCUT2D eigenvalue weighted by Gasteiger charge is 2.13. The number of allylic oxidation sites excluding steroid dienone is 1. The van der Waals surface area contributed by atoms with Crippen LogP contribution in [0.1, 0.15) is 15.9 Å². The highest BCUT2D eigenvalue weighted by Crippen LogP contribution is 2.19. The summed E-state index contributed by atoms with van der Waals surface area (Å²) < 4.78 is 0. The van der Waals surface area contributed by atoms with Gasteiger partial charge in [-0.05, 0) is 24.3 Å². The van der Waals surface area contributed by atoms with Crippen LogP contribution in [0, 0.1) is 10.1 Å². The van der Waals surface area contributed by atoms with Crippen LogP contribution in [0.3, 0.4) is 0 Å². The zero-order valence-electron chi connectivity index (χ0n) is 8.21. The van der Waals surface area contributed by atoms with Crippen molar-refractivity contribution in [2.45, 2.75) is 6.42 Å². The zero-order chi connectivity index (χ0) is 12.3. The summed E-state index contributed by atoms with van der Waals surface area (Å²) >= 11 is 0. The second kappa shape index (κ2) is 4.43. The van der Waals surface area contributed by atoms with E-state index in [2.05, 4.69) is 6.58 Å². The molecule has 0 aliphatic rings. The van der Waals surface area contributed by atoms with Crippen molar-refractivity contribution in [3.8, 4) is 5.75 Å². The number of nitro groups is 1. The Kier molecular flexibility index (Phi) is 3.24. The number of phenols is 1. The third-order valence-electron chi connectivity index (χ3n) is 1.96. The monoisotopic (exact) mass is 223 g/mol. The van der Waals surface area contributed by atoms with Crippen LogP contribution in [0.2, 0.25) is 0 Å². The molecule has 0 aliphatic heterocycles. The van der Waals surface area contributed by atoms with E-state index >= 15 is 0 Å². The molecule has 0 radical (unpaired) electrons. The number of aromatic carboxylic acids is 1. The largest absolute Gasteiger partial charge is 0.507 e. The molecule has 0 saturated heterocycles. The number of carboxylic acid groups (broad SMARTS) is 1. The Morgan fingerprint density at radius 1 is 1.50 bits per heavy atom. The van der Waals surface area contributed by atoms with Crippen LogP contribution in [0.15, 0.2) is 30.5 Å². The smallest absolute Gasteiger partial charge is 0.339 e. The van der Waals surface area contributed by atoms with E-state index in [9.17, 15) is 20.0 Å². The molecule has 0 saturated carbocycles. The maximum absolute atomic E-state index is 10.7. The normalized spacial score (nSPS) is 9.75. The quantitative estimate of drug-likeness (QED) is 0.593. The van der Waals surface area contributed by atoms with Crippen molar-refractivity contribution in [1.82, 2.24) is 0 Å². The number of hydrogen-bond donors (Lipinski definition) is 2. The summed E-state index contributed by atoms with van der Waals surface area (Å²) in [5.74, 6) is -1.66. The fourth-order valence-electron chi connectivity index (χ4n) is 1.16. The molecule has 16 heavy (non-hydrogen) atoms. The number of benzene rings is 1. The summed E-state index contributed by atoms with van der Waals surface area (Å²) in [5, 5.41) is 28.3. The lowest BCUT2D eigenvalue weighted by Crippen LogP contribution is -2.03. The lowest BCUT2D eigenvalue weighted by Gasteiger charge is -2.02. The van der Waals surface area contributed by atoms with Crippen molar-refractivity contribution < 1.29 is 19.9 Å². The zero-order valence-corrected chi connectivity index (χ0v) is 8.21. The molecule has 0 aliphatic carbocycles. The fraction of sp³-hybridized carbons (Fsp3) is 0.100. The Morgan fingerprint density at radius 2 is 2.12 bits per heavy atom. The van der Waals surface area contributed by atoms with Crippen molar-refractivity contribution >= 4 is 5.97 Å². The van der Waals surface area contributed by atoms with E-state index in [1.165, 1.54) is 18.2 Å². The highest BCUT2D eigenvalue weighted by atomic mass is 16.6. The first-order chi connectivity index (χ1) is 7.41. The van der Waals surface area contributed by atoms with Gasteiger partial charge in [0.1, 0.15) is 11.3 Å². The molecule has 6 heteroatoms. The van der Waals surface area contributed by atoms with Crippen molar-refractivity contribution in [3.63, 3.8) is 0 Å². The molecule has 0 atom stereocenters.